The molecule has 20 heavy (non-hydrogen) atoms. The fraction of sp³-hybridized carbons (Fsp3) is 0. The maximum Gasteiger partial charge on any atom is 0.340 e. The molecule has 2 aromatic carbocycles. The van der Waals surface area contributed by atoms with Crippen LogP contribution in [0.1, 0.15) is 20.7 Å². The van der Waals surface area contributed by atoms with Gasteiger partial charge in [-0.3, -0.25) is 4.79 Å². The molecule has 4 nitrogen and oxygen atoms in total. The summed E-state index contributed by atoms with van der Waals surface area (Å²) >= 11 is 2.06. The molecule has 0 aliphatic heterocycles. The van der Waals surface area contributed by atoms with Crippen LogP contribution < -0.4 is 5.32 Å². The second-order valence-corrected chi connectivity index (χ2v) is 5.18. The molecule has 0 saturated heterocycles. The average Bonchev–Trinajstić information content (AvgIpc) is 2.38. The summed E-state index contributed by atoms with van der Waals surface area (Å²) in [6, 6.07) is 10.5. The maximum absolute atomic E-state index is 13.5. The van der Waals surface area contributed by atoms with Crippen LogP contribution >= 0.6 is 22.6 Å². The van der Waals surface area contributed by atoms with E-state index < -0.39 is 23.3 Å². The average molecular weight is 385 g/mol. The SMILES string of the molecule is O=C(Nc1cccc(F)c1C(=O)O)c1cccc(I)c1. The van der Waals surface area contributed by atoms with Crippen LogP contribution in [0.15, 0.2) is 42.5 Å². The third-order valence-corrected chi connectivity index (χ3v) is 3.23. The Hall–Kier alpha value is -1.96. The normalized spacial score (nSPS) is 10.1. The van der Waals surface area contributed by atoms with Gasteiger partial charge >= 0.3 is 5.97 Å². The number of carbonyl (C=O) groups is 2. The van der Waals surface area contributed by atoms with Crippen molar-refractivity contribution in [2.45, 2.75) is 0 Å². The van der Waals surface area contributed by atoms with Crippen LogP contribution in [0.4, 0.5) is 10.1 Å². The lowest BCUT2D eigenvalue weighted by atomic mass is 10.1. The fourth-order valence-corrected chi connectivity index (χ4v) is 2.21. The predicted octanol–water partition coefficient (Wildman–Crippen LogP) is 3.38. The number of amides is 1. The first-order chi connectivity index (χ1) is 9.49. The van der Waals surface area contributed by atoms with Crippen molar-refractivity contribution in [1.82, 2.24) is 0 Å². The second kappa shape index (κ2) is 6.00. The van der Waals surface area contributed by atoms with Crippen LogP contribution in [0.5, 0.6) is 0 Å². The van der Waals surface area contributed by atoms with E-state index in [1.807, 2.05) is 6.07 Å². The molecule has 1 amide bonds. The molecule has 0 heterocycles. The van der Waals surface area contributed by atoms with Crippen molar-refractivity contribution in [2.75, 3.05) is 5.32 Å². The van der Waals surface area contributed by atoms with Gasteiger partial charge in [-0.1, -0.05) is 12.1 Å². The number of aromatic carboxylic acids is 1. The number of hydrogen-bond acceptors (Lipinski definition) is 2. The fourth-order valence-electron chi connectivity index (χ4n) is 1.67. The summed E-state index contributed by atoms with van der Waals surface area (Å²) in [5, 5.41) is 11.4. The van der Waals surface area contributed by atoms with Gasteiger partial charge in [-0.2, -0.15) is 0 Å². The number of carbonyl (C=O) groups excluding carboxylic acids is 1. The summed E-state index contributed by atoms with van der Waals surface area (Å²) in [7, 11) is 0. The summed E-state index contributed by atoms with van der Waals surface area (Å²) < 4.78 is 14.4. The molecule has 0 aliphatic rings. The first-order valence-electron chi connectivity index (χ1n) is 5.58. The third kappa shape index (κ3) is 3.13. The number of halogens is 2. The van der Waals surface area contributed by atoms with Crippen LogP contribution in [0.3, 0.4) is 0 Å². The number of carboxylic acid groups (broad SMARTS) is 1. The molecule has 0 atom stereocenters. The summed E-state index contributed by atoms with van der Waals surface area (Å²) in [6.45, 7) is 0. The molecule has 102 valence electrons. The quantitative estimate of drug-likeness (QED) is 0.797. The number of anilines is 1. The lowest BCUT2D eigenvalue weighted by Crippen LogP contribution is -2.15. The maximum atomic E-state index is 13.5. The Kier molecular flexibility index (Phi) is 4.33. The smallest absolute Gasteiger partial charge is 0.340 e. The van der Waals surface area contributed by atoms with Crippen LogP contribution in [0, 0.1) is 9.39 Å². The molecule has 2 aromatic rings. The number of benzene rings is 2. The Morgan fingerprint density at radius 2 is 1.85 bits per heavy atom. The molecule has 6 heteroatoms. The molecule has 0 radical (unpaired) electrons. The van der Waals surface area contributed by atoms with Gasteiger partial charge in [-0.05, 0) is 52.9 Å². The van der Waals surface area contributed by atoms with Crippen molar-refractivity contribution >= 4 is 40.2 Å². The van der Waals surface area contributed by atoms with Gasteiger partial charge in [-0.15, -0.1) is 0 Å². The van der Waals surface area contributed by atoms with Gasteiger partial charge in [0, 0.05) is 9.13 Å². The third-order valence-electron chi connectivity index (χ3n) is 2.56. The van der Waals surface area contributed by atoms with Gasteiger partial charge in [0.1, 0.15) is 11.4 Å². The highest BCUT2D eigenvalue weighted by Crippen LogP contribution is 2.20. The van der Waals surface area contributed by atoms with Gasteiger partial charge in [0.15, 0.2) is 0 Å². The Morgan fingerprint density at radius 1 is 1.15 bits per heavy atom. The zero-order chi connectivity index (χ0) is 14.7. The van der Waals surface area contributed by atoms with Crippen molar-refractivity contribution in [1.29, 1.82) is 0 Å². The van der Waals surface area contributed by atoms with E-state index in [1.54, 1.807) is 18.2 Å². The van der Waals surface area contributed by atoms with Gasteiger partial charge < -0.3 is 10.4 Å². The van der Waals surface area contributed by atoms with Gasteiger partial charge in [0.05, 0.1) is 5.69 Å². The molecule has 0 aromatic heterocycles. The summed E-state index contributed by atoms with van der Waals surface area (Å²) in [4.78, 5) is 23.0. The number of nitrogens with one attached hydrogen (secondary N) is 1. The predicted molar refractivity (Wildman–Crippen MR) is 80.5 cm³/mol. The van der Waals surface area contributed by atoms with Gasteiger partial charge in [0.2, 0.25) is 0 Å². The topological polar surface area (TPSA) is 66.4 Å². The number of carboxylic acids is 1. The summed E-state index contributed by atoms with van der Waals surface area (Å²) in [6.07, 6.45) is 0. The molecular formula is C14H9FINO3. The minimum Gasteiger partial charge on any atom is -0.478 e. The van der Waals surface area contributed by atoms with E-state index in [0.29, 0.717) is 5.56 Å². The van der Waals surface area contributed by atoms with Gasteiger partial charge in [-0.25, -0.2) is 9.18 Å². The highest BCUT2D eigenvalue weighted by atomic mass is 127. The molecule has 0 bridgehead atoms. The first-order valence-corrected chi connectivity index (χ1v) is 6.65. The van der Waals surface area contributed by atoms with Crippen molar-refractivity contribution < 1.29 is 19.1 Å². The molecule has 2 N–H and O–H groups in total. The number of rotatable bonds is 3. The van der Waals surface area contributed by atoms with E-state index in [9.17, 15) is 14.0 Å². The van der Waals surface area contributed by atoms with E-state index in [0.717, 1.165) is 9.64 Å². The highest BCUT2D eigenvalue weighted by Gasteiger charge is 2.17. The van der Waals surface area contributed by atoms with E-state index in [2.05, 4.69) is 27.9 Å². The Bertz CT molecular complexity index is 688. The lowest BCUT2D eigenvalue weighted by molar-refractivity contribution is 0.0693. The van der Waals surface area contributed by atoms with E-state index in [4.69, 9.17) is 5.11 Å². The van der Waals surface area contributed by atoms with Crippen LogP contribution in [0.25, 0.3) is 0 Å². The van der Waals surface area contributed by atoms with E-state index >= 15 is 0 Å². The standard InChI is InChI=1S/C14H9FINO3/c15-10-5-2-6-11(12(10)14(19)20)17-13(18)8-3-1-4-9(16)7-8/h1-7H,(H,17,18)(H,19,20). The zero-order valence-electron chi connectivity index (χ0n) is 10.1. The van der Waals surface area contributed by atoms with Crippen molar-refractivity contribution in [2.24, 2.45) is 0 Å². The molecular weight excluding hydrogens is 376 g/mol. The molecule has 0 saturated carbocycles. The van der Waals surface area contributed by atoms with E-state index in [-0.39, 0.29) is 5.69 Å². The highest BCUT2D eigenvalue weighted by molar-refractivity contribution is 14.1. The van der Waals surface area contributed by atoms with Gasteiger partial charge in [0.25, 0.3) is 5.91 Å². The Balaban J connectivity index is 2.33. The van der Waals surface area contributed by atoms with Crippen molar-refractivity contribution in [3.63, 3.8) is 0 Å². The molecule has 0 unspecified atom stereocenters. The number of hydrogen-bond donors (Lipinski definition) is 2. The Morgan fingerprint density at radius 3 is 2.50 bits per heavy atom. The van der Waals surface area contributed by atoms with Crippen LogP contribution in [-0.4, -0.2) is 17.0 Å². The van der Waals surface area contributed by atoms with Crippen molar-refractivity contribution in [3.05, 3.63) is 63.0 Å². The van der Waals surface area contributed by atoms with E-state index in [1.165, 1.54) is 12.1 Å². The molecule has 0 fully saturated rings. The molecule has 2 rings (SSSR count). The molecule has 0 spiro atoms. The van der Waals surface area contributed by atoms with Crippen molar-refractivity contribution in [3.8, 4) is 0 Å². The van der Waals surface area contributed by atoms with Crippen LogP contribution in [-0.2, 0) is 0 Å². The summed E-state index contributed by atoms with van der Waals surface area (Å²) in [5.74, 6) is -2.81. The monoisotopic (exact) mass is 385 g/mol. The summed E-state index contributed by atoms with van der Waals surface area (Å²) in [5.41, 5.74) is -0.245. The zero-order valence-corrected chi connectivity index (χ0v) is 12.2. The lowest BCUT2D eigenvalue weighted by Gasteiger charge is -2.09. The van der Waals surface area contributed by atoms with Crippen LogP contribution in [0.2, 0.25) is 0 Å². The largest absolute Gasteiger partial charge is 0.478 e. The second-order valence-electron chi connectivity index (χ2n) is 3.93. The minimum absolute atomic E-state index is 0.0682. The Labute approximate surface area is 127 Å². The first kappa shape index (κ1) is 14.4. The minimum atomic E-state index is -1.43. The molecule has 0 aliphatic carbocycles.